The molecule has 2 aromatic rings. The zero-order chi connectivity index (χ0) is 16.5. The number of anilines is 2. The Hall–Kier alpha value is -1.76. The molecule has 1 aliphatic heterocycles. The van der Waals surface area contributed by atoms with Crippen molar-refractivity contribution in [1.82, 2.24) is 30.4 Å². The molecule has 0 atom stereocenters. The van der Waals surface area contributed by atoms with Gasteiger partial charge in [0.1, 0.15) is 12.7 Å². The zero-order valence-corrected chi connectivity index (χ0v) is 14.5. The predicted octanol–water partition coefficient (Wildman–Crippen LogP) is 0.572. The summed E-state index contributed by atoms with van der Waals surface area (Å²) in [5.41, 5.74) is 0. The number of rotatable bonds is 2. The molecule has 3 heterocycles. The van der Waals surface area contributed by atoms with Gasteiger partial charge in [-0.15, -0.1) is 20.4 Å². The van der Waals surface area contributed by atoms with Crippen molar-refractivity contribution in [2.75, 3.05) is 62.7 Å². The Morgan fingerprint density at radius 2 is 1.04 bits per heavy atom. The minimum atomic E-state index is 0. The first-order valence-corrected chi connectivity index (χ1v) is 7.68. The van der Waals surface area contributed by atoms with Crippen LogP contribution in [0.15, 0.2) is 12.7 Å². The minimum Gasteiger partial charge on any atom is -0.646 e. The molecule has 0 aliphatic carbocycles. The van der Waals surface area contributed by atoms with Crippen molar-refractivity contribution in [3.8, 4) is 0 Å². The second-order valence-corrected chi connectivity index (χ2v) is 5.06. The van der Waals surface area contributed by atoms with Gasteiger partial charge in [-0.2, -0.15) is 26.2 Å². The Balaban J connectivity index is 0.00000225. The number of hydrogen-bond acceptors (Lipinski definition) is 6. The van der Waals surface area contributed by atoms with E-state index in [0.717, 1.165) is 0 Å². The maximum Gasteiger partial charge on any atom is 2.00 e. The third-order valence-electron chi connectivity index (χ3n) is 3.32. The fourth-order valence-corrected chi connectivity index (χ4v) is 2.11. The summed E-state index contributed by atoms with van der Waals surface area (Å²) in [5, 5.41) is 33.6. The first-order valence-electron chi connectivity index (χ1n) is 7.68. The maximum atomic E-state index is 4.49. The average molecular weight is 396 g/mol. The molecule has 0 spiro atoms. The van der Waals surface area contributed by atoms with Gasteiger partial charge in [0.25, 0.3) is 0 Å². The summed E-state index contributed by atoms with van der Waals surface area (Å²) < 4.78 is 0. The molecular weight excluding hydrogens is 376 g/mol. The van der Waals surface area contributed by atoms with Crippen LogP contribution in [0.25, 0.3) is 21.3 Å². The molecule has 1 radical (unpaired) electrons. The summed E-state index contributed by atoms with van der Waals surface area (Å²) in [5.74, 6) is 1.33. The third-order valence-corrected chi connectivity index (χ3v) is 3.32. The van der Waals surface area contributed by atoms with E-state index in [4.69, 9.17) is 0 Å². The molecule has 1 saturated heterocycles. The van der Waals surface area contributed by atoms with Crippen molar-refractivity contribution in [3.05, 3.63) is 33.9 Å². The molecule has 0 aromatic carbocycles. The Bertz CT molecular complexity index is 480. The van der Waals surface area contributed by atoms with Crippen molar-refractivity contribution in [2.24, 2.45) is 0 Å². The van der Waals surface area contributed by atoms with Crippen LogP contribution in [0.1, 0.15) is 0 Å². The van der Waals surface area contributed by atoms with Gasteiger partial charge in [-0.1, -0.05) is 26.7 Å². The van der Waals surface area contributed by atoms with E-state index in [0.29, 0.717) is 64.8 Å². The topological polar surface area (TPSA) is 146 Å². The van der Waals surface area contributed by atoms with Crippen LogP contribution >= 0.6 is 0 Å². The second kappa shape index (κ2) is 11.0. The Labute approximate surface area is 156 Å². The van der Waals surface area contributed by atoms with Gasteiger partial charge >= 0.3 is 17.1 Å². The van der Waals surface area contributed by atoms with E-state index >= 15 is 0 Å². The molecule has 141 valence electrons. The van der Waals surface area contributed by atoms with Crippen LogP contribution in [0.2, 0.25) is 0 Å². The van der Waals surface area contributed by atoms with Gasteiger partial charge in [-0.05, 0) is 0 Å². The summed E-state index contributed by atoms with van der Waals surface area (Å²) in [6, 6.07) is 0. The molecule has 13 heteroatoms. The van der Waals surface area contributed by atoms with Gasteiger partial charge in [0.15, 0.2) is 0 Å². The molecule has 0 amide bonds. The summed E-state index contributed by atoms with van der Waals surface area (Å²) in [6.07, 6.45) is 3.09. The summed E-state index contributed by atoms with van der Waals surface area (Å²) in [7, 11) is 0. The molecular formula is C12H20CuN12-2. The molecule has 1 aliphatic rings. The maximum absolute atomic E-state index is 4.49. The largest absolute Gasteiger partial charge is 2.00 e. The number of nitrogens with one attached hydrogen (secondary N) is 2. The van der Waals surface area contributed by atoms with E-state index in [9.17, 15) is 0 Å². The van der Waals surface area contributed by atoms with E-state index < -0.39 is 0 Å². The van der Waals surface area contributed by atoms with E-state index in [1.54, 1.807) is 12.7 Å². The van der Waals surface area contributed by atoms with Crippen molar-refractivity contribution in [3.63, 3.8) is 0 Å². The molecule has 0 saturated carbocycles. The van der Waals surface area contributed by atoms with Gasteiger partial charge in [0, 0.05) is 0 Å². The molecule has 12 nitrogen and oxygen atoms in total. The second-order valence-electron chi connectivity index (χ2n) is 5.06. The predicted molar refractivity (Wildman–Crippen MR) is 90.1 cm³/mol. The summed E-state index contributed by atoms with van der Waals surface area (Å²) in [6.45, 7) is 4.51. The average Bonchev–Trinajstić information content (AvgIpc) is 3.30. The van der Waals surface area contributed by atoms with Crippen LogP contribution < -0.4 is 9.80 Å². The standard InChI is InChI=1S/C12H20N12.Cu/c1-2-14-8-24(12-18-6-20-22-12)10-16-4-3-15-9-23(7-13-1)11-17-5-19-21-11;/h5-6H,1-4,7-10H2,(H,17,19,21)(H,18,20,22);/q-4;+2. The van der Waals surface area contributed by atoms with Crippen LogP contribution in [-0.4, -0.2) is 83.2 Å². The van der Waals surface area contributed by atoms with Crippen LogP contribution in [0, 0.1) is 0 Å². The van der Waals surface area contributed by atoms with Gasteiger partial charge in [-0.25, -0.2) is 0 Å². The Morgan fingerprint density at radius 3 is 1.32 bits per heavy atom. The number of hydrogen-bond donors (Lipinski definition) is 2. The fourth-order valence-electron chi connectivity index (χ4n) is 2.11. The van der Waals surface area contributed by atoms with Crippen LogP contribution in [0.4, 0.5) is 11.9 Å². The number of H-pyrrole nitrogens is 2. The van der Waals surface area contributed by atoms with Crippen LogP contribution in [-0.2, 0) is 17.1 Å². The van der Waals surface area contributed by atoms with Gasteiger partial charge < -0.3 is 41.0 Å². The summed E-state index contributed by atoms with van der Waals surface area (Å²) >= 11 is 0. The molecule has 0 unspecified atom stereocenters. The van der Waals surface area contributed by atoms with Crippen molar-refractivity contribution in [2.45, 2.75) is 0 Å². The normalized spacial score (nSPS) is 18.4. The van der Waals surface area contributed by atoms with Crippen molar-refractivity contribution >= 4 is 11.9 Å². The molecule has 2 aromatic heterocycles. The number of aromatic amines is 2. The van der Waals surface area contributed by atoms with E-state index in [2.05, 4.69) is 51.6 Å². The Kier molecular flexibility index (Phi) is 8.59. The molecule has 2 N–H and O–H groups in total. The van der Waals surface area contributed by atoms with Crippen LogP contribution in [0.5, 0.6) is 0 Å². The van der Waals surface area contributed by atoms with Crippen LogP contribution in [0.3, 0.4) is 0 Å². The van der Waals surface area contributed by atoms with E-state index in [1.807, 2.05) is 9.80 Å². The first kappa shape index (κ1) is 19.6. The van der Waals surface area contributed by atoms with Crippen molar-refractivity contribution in [1.29, 1.82) is 0 Å². The summed E-state index contributed by atoms with van der Waals surface area (Å²) in [4.78, 5) is 9.81. The Morgan fingerprint density at radius 1 is 0.680 bits per heavy atom. The molecule has 3 rings (SSSR count). The fraction of sp³-hybridized carbons (Fsp3) is 0.667. The number of nitrogens with zero attached hydrogens (tertiary/aromatic N) is 10. The molecule has 0 bridgehead atoms. The molecule has 25 heavy (non-hydrogen) atoms. The zero-order valence-electron chi connectivity index (χ0n) is 13.6. The number of aromatic nitrogens is 6. The van der Waals surface area contributed by atoms with E-state index in [1.165, 1.54) is 0 Å². The first-order chi connectivity index (χ1) is 11.9. The monoisotopic (exact) mass is 395 g/mol. The quantitative estimate of drug-likeness (QED) is 0.710. The van der Waals surface area contributed by atoms with E-state index in [-0.39, 0.29) is 17.1 Å². The van der Waals surface area contributed by atoms with Gasteiger partial charge in [-0.3, -0.25) is 0 Å². The molecule has 1 fully saturated rings. The van der Waals surface area contributed by atoms with Gasteiger partial charge in [0.05, 0.1) is 0 Å². The SMILES string of the molecule is [Cu+2].c1nnc(N2C[N-]CC[N-]CN(c3nnc[nH]3)C[N-]CC[N-]C2)[nH]1. The third kappa shape index (κ3) is 6.23. The van der Waals surface area contributed by atoms with Crippen molar-refractivity contribution < 1.29 is 17.1 Å². The van der Waals surface area contributed by atoms with Gasteiger partial charge in [0.2, 0.25) is 11.9 Å². The smallest absolute Gasteiger partial charge is 0.646 e. The minimum absolute atomic E-state index is 0.